The molecule has 1 saturated heterocycles. The molecule has 0 bridgehead atoms. The molecule has 1 aromatic carbocycles. The number of hydrogen-bond donors (Lipinski definition) is 1. The van der Waals surface area contributed by atoms with Gasteiger partial charge in [0.15, 0.2) is 17.3 Å². The average Bonchev–Trinajstić information content (AvgIpc) is 3.15. The third-order valence-corrected chi connectivity index (χ3v) is 6.44. The van der Waals surface area contributed by atoms with E-state index < -0.39 is 29.4 Å². The highest BCUT2D eigenvalue weighted by molar-refractivity contribution is 5.92. The molecular weight excluding hydrogens is 416 g/mol. The van der Waals surface area contributed by atoms with Crippen LogP contribution >= 0.6 is 0 Å². The van der Waals surface area contributed by atoms with Gasteiger partial charge in [0.25, 0.3) is 5.92 Å². The van der Waals surface area contributed by atoms with Crippen molar-refractivity contribution < 1.29 is 22.4 Å². The third-order valence-electron chi connectivity index (χ3n) is 6.44. The highest BCUT2D eigenvalue weighted by atomic mass is 19.3. The van der Waals surface area contributed by atoms with Crippen molar-refractivity contribution in [2.75, 3.05) is 12.3 Å². The van der Waals surface area contributed by atoms with Crippen LogP contribution in [0.15, 0.2) is 12.1 Å². The third kappa shape index (κ3) is 3.09. The number of nitrogen functional groups attached to an aromatic ring is 1. The fraction of sp³-hybridized carbons (Fsp3) is 0.500. The zero-order valence-corrected chi connectivity index (χ0v) is 16.7. The van der Waals surface area contributed by atoms with Gasteiger partial charge in [0.1, 0.15) is 17.3 Å². The molecule has 2 N–H and O–H groups in total. The van der Waals surface area contributed by atoms with Gasteiger partial charge in [-0.3, -0.25) is 4.79 Å². The number of benzene rings is 1. The molecule has 3 heterocycles. The van der Waals surface area contributed by atoms with E-state index in [1.165, 1.54) is 9.42 Å². The van der Waals surface area contributed by atoms with E-state index in [0.717, 1.165) is 6.07 Å². The average molecular weight is 436 g/mol. The Hall–Kier alpha value is -2.98. The molecule has 2 fully saturated rings. The van der Waals surface area contributed by atoms with Crippen LogP contribution in [0.1, 0.15) is 44.3 Å². The molecule has 1 amide bonds. The summed E-state index contributed by atoms with van der Waals surface area (Å²) in [4.78, 5) is 22.6. The molecule has 164 valence electrons. The smallest absolute Gasteiger partial charge is 0.259 e. The molecule has 0 spiro atoms. The molecule has 1 aliphatic carbocycles. The lowest BCUT2D eigenvalue weighted by Gasteiger charge is -2.43. The van der Waals surface area contributed by atoms with Crippen molar-refractivity contribution >= 4 is 28.4 Å². The fourth-order valence-electron chi connectivity index (χ4n) is 4.48. The maximum absolute atomic E-state index is 14.2. The predicted octanol–water partition coefficient (Wildman–Crippen LogP) is 3.28. The van der Waals surface area contributed by atoms with Crippen LogP contribution in [0.4, 0.5) is 23.5 Å². The van der Waals surface area contributed by atoms with Crippen LogP contribution in [0.2, 0.25) is 0 Å². The Morgan fingerprint density at radius 2 is 1.97 bits per heavy atom. The van der Waals surface area contributed by atoms with E-state index in [0.29, 0.717) is 24.7 Å². The Kier molecular flexibility index (Phi) is 4.35. The number of hydrogen-bond acceptors (Lipinski definition) is 5. The number of carbonyl (C=O) groups excluding carboxylic acids is 1. The van der Waals surface area contributed by atoms with Crippen molar-refractivity contribution in [2.24, 2.45) is 5.92 Å². The second-order valence-corrected chi connectivity index (χ2v) is 8.43. The minimum atomic E-state index is -2.96. The number of alkyl halides is 2. The summed E-state index contributed by atoms with van der Waals surface area (Å²) in [7, 11) is 0. The molecule has 2 aliphatic rings. The normalized spacial score (nSPS) is 25.7. The van der Waals surface area contributed by atoms with Crippen LogP contribution < -0.4 is 5.73 Å². The summed E-state index contributed by atoms with van der Waals surface area (Å²) in [5.74, 6) is -6.54. The second-order valence-electron chi connectivity index (χ2n) is 8.43. The van der Waals surface area contributed by atoms with E-state index in [9.17, 15) is 22.4 Å². The molecule has 3 aromatic rings. The Morgan fingerprint density at radius 1 is 1.19 bits per heavy atom. The fourth-order valence-corrected chi connectivity index (χ4v) is 4.48. The van der Waals surface area contributed by atoms with Gasteiger partial charge in [0.05, 0.1) is 5.39 Å². The summed E-state index contributed by atoms with van der Waals surface area (Å²) in [6, 6.07) is 1.65. The maximum Gasteiger partial charge on any atom is 0.259 e. The Bertz CT molecular complexity index is 1210. The van der Waals surface area contributed by atoms with Crippen LogP contribution in [0.25, 0.3) is 16.6 Å². The van der Waals surface area contributed by atoms with E-state index in [1.54, 1.807) is 0 Å². The highest BCUT2D eigenvalue weighted by Gasteiger charge is 2.54. The number of halogens is 4. The first-order chi connectivity index (χ1) is 14.7. The molecule has 11 heteroatoms. The number of fused-ring (bicyclic) bond motifs is 3. The van der Waals surface area contributed by atoms with Gasteiger partial charge < -0.3 is 10.6 Å². The monoisotopic (exact) mass is 436 g/mol. The van der Waals surface area contributed by atoms with Crippen molar-refractivity contribution in [3.05, 3.63) is 29.6 Å². The molecule has 7 nitrogen and oxygen atoms in total. The minimum Gasteiger partial charge on any atom is -0.368 e. The molecule has 1 saturated carbocycles. The number of nitrogens with zero attached hydrogens (tertiary/aromatic N) is 5. The molecular formula is C20H20F4N6O. The molecule has 1 aliphatic heterocycles. The van der Waals surface area contributed by atoms with Crippen LogP contribution in [0, 0.1) is 17.6 Å². The summed E-state index contributed by atoms with van der Waals surface area (Å²) in [5.41, 5.74) is 5.94. The van der Waals surface area contributed by atoms with Gasteiger partial charge >= 0.3 is 0 Å². The first-order valence-corrected chi connectivity index (χ1v) is 10.1. The number of amides is 1. The minimum absolute atomic E-state index is 0.113. The molecule has 0 radical (unpaired) electrons. The van der Waals surface area contributed by atoms with Crippen molar-refractivity contribution in [3.8, 4) is 0 Å². The lowest BCUT2D eigenvalue weighted by molar-refractivity contribution is -0.175. The van der Waals surface area contributed by atoms with Crippen LogP contribution in [-0.4, -0.2) is 48.9 Å². The van der Waals surface area contributed by atoms with Gasteiger partial charge in [-0.1, -0.05) is 0 Å². The number of rotatable bonds is 2. The van der Waals surface area contributed by atoms with Gasteiger partial charge in [0, 0.05) is 31.0 Å². The van der Waals surface area contributed by atoms with Gasteiger partial charge in [-0.25, -0.2) is 27.5 Å². The van der Waals surface area contributed by atoms with Gasteiger partial charge in [-0.15, -0.1) is 5.10 Å². The van der Waals surface area contributed by atoms with Crippen molar-refractivity contribution in [1.82, 2.24) is 24.5 Å². The van der Waals surface area contributed by atoms with Gasteiger partial charge in [-0.05, 0) is 32.3 Å². The van der Waals surface area contributed by atoms with Crippen LogP contribution in [0.3, 0.4) is 0 Å². The Balaban J connectivity index is 1.51. The highest BCUT2D eigenvalue weighted by Crippen LogP contribution is 2.45. The summed E-state index contributed by atoms with van der Waals surface area (Å²) >= 11 is 0. The number of anilines is 1. The summed E-state index contributed by atoms with van der Waals surface area (Å²) in [5, 5.41) is 4.48. The quantitative estimate of drug-likeness (QED) is 0.623. The van der Waals surface area contributed by atoms with Gasteiger partial charge in [0.2, 0.25) is 11.9 Å². The first-order valence-electron chi connectivity index (χ1n) is 10.1. The number of aromatic nitrogens is 4. The number of carbonyl (C=O) groups is 1. The van der Waals surface area contributed by atoms with Crippen molar-refractivity contribution in [3.63, 3.8) is 0 Å². The maximum atomic E-state index is 14.2. The summed E-state index contributed by atoms with van der Waals surface area (Å²) < 4.78 is 56.7. The zero-order valence-electron chi connectivity index (χ0n) is 16.7. The number of piperidine rings is 1. The molecule has 2 aromatic heterocycles. The van der Waals surface area contributed by atoms with Crippen molar-refractivity contribution in [1.29, 1.82) is 0 Å². The first kappa shape index (κ1) is 20.0. The number of nitrogens with two attached hydrogens (primary N) is 1. The van der Waals surface area contributed by atoms with E-state index in [2.05, 4.69) is 15.1 Å². The predicted molar refractivity (Wildman–Crippen MR) is 103 cm³/mol. The second kappa shape index (κ2) is 6.76. The molecule has 5 rings (SSSR count). The molecule has 3 atom stereocenters. The molecule has 31 heavy (non-hydrogen) atoms. The van der Waals surface area contributed by atoms with E-state index in [1.807, 2.05) is 6.92 Å². The molecule has 1 unspecified atom stereocenters. The standard InChI is InChI=1S/C20H20F4N6O/c1-9-2-3-10(8-29(9)18(31)13-4-5-20(13,23)24)16-27-17-12-6-11(21)7-14(22)15(12)26-19(25)30(17)28-16/h6-7,9-10,13H,2-5,8H2,1H3,(H2,25,26)/t9-,10+,13?/m0/s1. The number of likely N-dealkylation sites (tertiary alicyclic amines) is 1. The van der Waals surface area contributed by atoms with E-state index in [4.69, 9.17) is 5.73 Å². The van der Waals surface area contributed by atoms with Gasteiger partial charge in [-0.2, -0.15) is 4.52 Å². The Morgan fingerprint density at radius 3 is 2.65 bits per heavy atom. The SMILES string of the molecule is C[C@H]1CC[C@@H](c2nc3c4cc(F)cc(F)c4nc(N)n3n2)CN1C(=O)C1CCC1(F)F. The largest absolute Gasteiger partial charge is 0.368 e. The van der Waals surface area contributed by atoms with E-state index in [-0.39, 0.29) is 53.8 Å². The van der Waals surface area contributed by atoms with E-state index >= 15 is 0 Å². The lowest BCUT2D eigenvalue weighted by Crippen LogP contribution is -2.54. The summed E-state index contributed by atoms with van der Waals surface area (Å²) in [6.07, 6.45) is 1.14. The zero-order chi connectivity index (χ0) is 22.1. The Labute approximate surface area is 174 Å². The van der Waals surface area contributed by atoms with Crippen molar-refractivity contribution in [2.45, 2.75) is 50.5 Å². The van der Waals surface area contributed by atoms with Crippen LogP contribution in [0.5, 0.6) is 0 Å². The van der Waals surface area contributed by atoms with Crippen LogP contribution in [-0.2, 0) is 4.79 Å². The summed E-state index contributed by atoms with van der Waals surface area (Å²) in [6.45, 7) is 2.03. The lowest BCUT2D eigenvalue weighted by atomic mass is 9.78. The topological polar surface area (TPSA) is 89.4 Å².